The minimum Gasteiger partial charge on any atom is -0.465 e. The number of nitriles is 1. The normalized spacial score (nSPS) is 18.3. The number of nitrogens with two attached hydrogens (primary N) is 1. The molecule has 7 nitrogen and oxygen atoms in total. The molecule has 2 N–H and O–H groups in total. The molecule has 1 amide bonds. The number of carbonyl (C=O) groups is 2. The van der Waals surface area contributed by atoms with Crippen LogP contribution in [0.2, 0.25) is 0 Å². The van der Waals surface area contributed by atoms with Crippen molar-refractivity contribution < 1.29 is 14.3 Å². The topological polar surface area (TPSA) is 118 Å². The Morgan fingerprint density at radius 2 is 2.00 bits per heavy atom. The van der Waals surface area contributed by atoms with E-state index in [0.29, 0.717) is 16.3 Å². The number of ether oxygens (including phenoxy) is 1. The molecule has 0 saturated heterocycles. The van der Waals surface area contributed by atoms with Crippen molar-refractivity contribution in [3.63, 3.8) is 0 Å². The van der Waals surface area contributed by atoms with Gasteiger partial charge in [0.2, 0.25) is 5.91 Å². The number of hydrogen-bond donors (Lipinski definition) is 1. The minimum atomic E-state index is -0.830. The Labute approximate surface area is 178 Å². The van der Waals surface area contributed by atoms with E-state index in [0.717, 1.165) is 17.3 Å². The van der Waals surface area contributed by atoms with Gasteiger partial charge in [-0.1, -0.05) is 48.2 Å². The van der Waals surface area contributed by atoms with Crippen molar-refractivity contribution in [2.45, 2.75) is 12.8 Å². The Kier molecular flexibility index (Phi) is 6.99. The van der Waals surface area contributed by atoms with E-state index in [1.807, 2.05) is 36.4 Å². The second-order valence-electron chi connectivity index (χ2n) is 6.44. The second-order valence-corrected chi connectivity index (χ2v) is 7.41. The summed E-state index contributed by atoms with van der Waals surface area (Å²) in [7, 11) is 0. The quantitative estimate of drug-likeness (QED) is 0.688. The van der Waals surface area contributed by atoms with Crippen molar-refractivity contribution in [1.29, 1.82) is 5.26 Å². The lowest BCUT2D eigenvalue weighted by Crippen LogP contribution is -2.36. The van der Waals surface area contributed by atoms with Crippen LogP contribution < -0.4 is 5.73 Å². The predicted octanol–water partition coefficient (Wildman–Crippen LogP) is 2.80. The highest BCUT2D eigenvalue weighted by molar-refractivity contribution is 8.03. The van der Waals surface area contributed by atoms with E-state index in [1.165, 1.54) is 0 Å². The van der Waals surface area contributed by atoms with Gasteiger partial charge in [0.1, 0.15) is 10.9 Å². The van der Waals surface area contributed by atoms with E-state index >= 15 is 0 Å². The van der Waals surface area contributed by atoms with Crippen LogP contribution in [-0.4, -0.2) is 34.9 Å². The highest BCUT2D eigenvalue weighted by Gasteiger charge is 2.42. The van der Waals surface area contributed by atoms with Crippen LogP contribution in [0.5, 0.6) is 0 Å². The maximum absolute atomic E-state index is 13.1. The number of esters is 1. The highest BCUT2D eigenvalue weighted by atomic mass is 32.2. The number of allylic oxidation sites excluding steroid dienone is 1. The summed E-state index contributed by atoms with van der Waals surface area (Å²) in [5.74, 6) is -2.50. The van der Waals surface area contributed by atoms with Gasteiger partial charge in [0.25, 0.3) is 0 Å². The SMILES string of the molecule is CCOC(=O)C1C(c2ccccc2)=NC(SCC(N)=O)=C(C#N)C1c1cccnc1. The molecule has 0 bridgehead atoms. The first-order valence-electron chi connectivity index (χ1n) is 9.32. The van der Waals surface area contributed by atoms with Crippen LogP contribution in [0, 0.1) is 17.2 Å². The molecule has 8 heteroatoms. The first-order valence-corrected chi connectivity index (χ1v) is 10.3. The van der Waals surface area contributed by atoms with E-state index in [2.05, 4.69) is 16.0 Å². The molecule has 0 saturated carbocycles. The smallest absolute Gasteiger partial charge is 0.316 e. The van der Waals surface area contributed by atoms with Gasteiger partial charge in [-0.2, -0.15) is 5.26 Å². The number of nitrogens with zero attached hydrogens (tertiary/aromatic N) is 3. The molecule has 0 radical (unpaired) electrons. The molecular weight excluding hydrogens is 400 g/mol. The van der Waals surface area contributed by atoms with Gasteiger partial charge in [-0.3, -0.25) is 14.6 Å². The fourth-order valence-corrected chi connectivity index (χ4v) is 4.09. The summed E-state index contributed by atoms with van der Waals surface area (Å²) in [6, 6.07) is 15.0. The van der Waals surface area contributed by atoms with Crippen molar-refractivity contribution in [2.24, 2.45) is 16.6 Å². The number of benzene rings is 1. The van der Waals surface area contributed by atoms with E-state index in [1.54, 1.807) is 25.4 Å². The van der Waals surface area contributed by atoms with Crippen molar-refractivity contribution in [2.75, 3.05) is 12.4 Å². The average Bonchev–Trinajstić information content (AvgIpc) is 2.77. The van der Waals surface area contributed by atoms with Gasteiger partial charge in [0, 0.05) is 18.3 Å². The van der Waals surface area contributed by atoms with Gasteiger partial charge in [0.05, 0.1) is 29.7 Å². The zero-order valence-corrected chi connectivity index (χ0v) is 17.1. The molecular formula is C22H20N4O3S. The molecule has 30 heavy (non-hydrogen) atoms. The molecule has 2 heterocycles. The fourth-order valence-electron chi connectivity index (χ4n) is 3.32. The Hall–Kier alpha value is -3.44. The zero-order chi connectivity index (χ0) is 21.5. The number of hydrogen-bond acceptors (Lipinski definition) is 7. The van der Waals surface area contributed by atoms with E-state index in [9.17, 15) is 14.9 Å². The molecule has 1 aromatic heterocycles. The molecule has 1 aliphatic rings. The number of pyridine rings is 1. The first kappa shape index (κ1) is 21.3. The summed E-state index contributed by atoms with van der Waals surface area (Å²) in [6.45, 7) is 1.93. The zero-order valence-electron chi connectivity index (χ0n) is 16.3. The Bertz CT molecular complexity index is 1030. The number of amides is 1. The molecule has 0 fully saturated rings. The van der Waals surface area contributed by atoms with Crippen LogP contribution in [0.15, 0.2) is 70.5 Å². The number of primary amides is 1. The second kappa shape index (κ2) is 9.85. The van der Waals surface area contributed by atoms with Gasteiger partial charge >= 0.3 is 5.97 Å². The third kappa shape index (κ3) is 4.58. The summed E-state index contributed by atoms with van der Waals surface area (Å²) < 4.78 is 5.36. The van der Waals surface area contributed by atoms with Crippen LogP contribution in [0.3, 0.4) is 0 Å². The van der Waals surface area contributed by atoms with Gasteiger partial charge in [-0.15, -0.1) is 0 Å². The lowest BCUT2D eigenvalue weighted by molar-refractivity contribution is -0.146. The lowest BCUT2D eigenvalue weighted by atomic mass is 9.76. The van der Waals surface area contributed by atoms with Crippen molar-refractivity contribution in [3.05, 3.63) is 76.6 Å². The van der Waals surface area contributed by atoms with E-state index in [-0.39, 0.29) is 17.9 Å². The number of carbonyl (C=O) groups excluding carboxylic acids is 2. The van der Waals surface area contributed by atoms with Crippen LogP contribution in [0.4, 0.5) is 0 Å². The van der Waals surface area contributed by atoms with Crippen molar-refractivity contribution in [3.8, 4) is 6.07 Å². The monoisotopic (exact) mass is 420 g/mol. The van der Waals surface area contributed by atoms with Crippen molar-refractivity contribution in [1.82, 2.24) is 4.98 Å². The Morgan fingerprint density at radius 3 is 2.60 bits per heavy atom. The minimum absolute atomic E-state index is 0.0318. The predicted molar refractivity (Wildman–Crippen MR) is 114 cm³/mol. The summed E-state index contributed by atoms with van der Waals surface area (Å²) in [6.07, 6.45) is 3.24. The largest absolute Gasteiger partial charge is 0.465 e. The third-order valence-electron chi connectivity index (χ3n) is 4.52. The summed E-state index contributed by atoms with van der Waals surface area (Å²) in [5.41, 5.74) is 7.49. The van der Waals surface area contributed by atoms with Gasteiger partial charge in [0.15, 0.2) is 0 Å². The molecule has 1 aliphatic heterocycles. The molecule has 0 spiro atoms. The van der Waals surface area contributed by atoms with Crippen molar-refractivity contribution >= 4 is 29.4 Å². The molecule has 3 rings (SSSR count). The summed E-state index contributed by atoms with van der Waals surface area (Å²) in [4.78, 5) is 33.2. The number of thioether (sulfide) groups is 1. The molecule has 1 aromatic carbocycles. The number of rotatable bonds is 7. The Balaban J connectivity index is 2.24. The molecule has 152 valence electrons. The maximum Gasteiger partial charge on any atom is 0.316 e. The highest BCUT2D eigenvalue weighted by Crippen LogP contribution is 2.43. The van der Waals surface area contributed by atoms with Gasteiger partial charge in [-0.05, 0) is 24.1 Å². The van der Waals surface area contributed by atoms with E-state index < -0.39 is 23.7 Å². The molecule has 2 aromatic rings. The first-order chi connectivity index (χ1) is 14.6. The standard InChI is InChI=1S/C22H20N4O3S/c1-2-29-22(28)19-18(15-9-6-10-25-12-15)16(11-23)21(30-13-17(24)27)26-20(19)14-7-4-3-5-8-14/h3-10,12,18-19H,2,13H2,1H3,(H2,24,27). The average molecular weight is 420 g/mol. The van der Waals surface area contributed by atoms with Crippen LogP contribution in [0.1, 0.15) is 24.0 Å². The van der Waals surface area contributed by atoms with Gasteiger partial charge < -0.3 is 10.5 Å². The summed E-state index contributed by atoms with van der Waals surface area (Å²) in [5, 5.41) is 10.3. The molecule has 0 aliphatic carbocycles. The van der Waals surface area contributed by atoms with E-state index in [4.69, 9.17) is 10.5 Å². The third-order valence-corrected chi connectivity index (χ3v) is 5.53. The summed E-state index contributed by atoms with van der Waals surface area (Å²) >= 11 is 1.08. The van der Waals surface area contributed by atoms with Crippen LogP contribution >= 0.6 is 11.8 Å². The fraction of sp³-hybridized carbons (Fsp3) is 0.227. The number of aromatic nitrogens is 1. The molecule has 2 unspecified atom stereocenters. The van der Waals surface area contributed by atoms with Gasteiger partial charge in [-0.25, -0.2) is 4.99 Å². The van der Waals surface area contributed by atoms with Crippen LogP contribution in [-0.2, 0) is 14.3 Å². The Morgan fingerprint density at radius 1 is 1.23 bits per heavy atom. The molecule has 2 atom stereocenters. The maximum atomic E-state index is 13.1. The van der Waals surface area contributed by atoms with Crippen LogP contribution in [0.25, 0.3) is 0 Å². The number of aliphatic imine (C=N–C) groups is 1. The lowest BCUT2D eigenvalue weighted by Gasteiger charge is -2.31.